The number of aryl methyl sites for hydroxylation is 1. The predicted molar refractivity (Wildman–Crippen MR) is 95.0 cm³/mol. The zero-order valence-electron chi connectivity index (χ0n) is 14.3. The third kappa shape index (κ3) is 2.24. The number of fused-ring (bicyclic) bond motifs is 1. The molecule has 1 aliphatic rings. The van der Waals surface area contributed by atoms with Gasteiger partial charge < -0.3 is 14.8 Å². The zero-order chi connectivity index (χ0) is 17.7. The predicted octanol–water partition coefficient (Wildman–Crippen LogP) is 3.59. The molecule has 4 aromatic rings. The number of benzene rings is 1. The van der Waals surface area contributed by atoms with E-state index in [4.69, 9.17) is 14.8 Å². The van der Waals surface area contributed by atoms with E-state index in [0.29, 0.717) is 17.4 Å². The molecule has 2 N–H and O–H groups in total. The van der Waals surface area contributed by atoms with Crippen LogP contribution in [0.2, 0.25) is 0 Å². The van der Waals surface area contributed by atoms with Gasteiger partial charge in [-0.2, -0.15) is 4.98 Å². The van der Waals surface area contributed by atoms with Crippen molar-refractivity contribution in [3.05, 3.63) is 47.9 Å². The first-order valence-electron chi connectivity index (χ1n) is 8.60. The van der Waals surface area contributed by atoms with Gasteiger partial charge in [0.2, 0.25) is 0 Å². The average molecular weight is 347 g/mol. The van der Waals surface area contributed by atoms with Crippen LogP contribution in [-0.2, 0) is 5.54 Å². The Hall–Kier alpha value is -3.06. The van der Waals surface area contributed by atoms with Crippen LogP contribution in [0, 0.1) is 6.92 Å². The number of nitrogens with zero attached hydrogens (tertiary/aromatic N) is 4. The number of rotatable bonds is 3. The number of hydrogen-bond acceptors (Lipinski definition) is 7. The van der Waals surface area contributed by atoms with Crippen LogP contribution in [0.5, 0.6) is 0 Å². The van der Waals surface area contributed by atoms with Crippen LogP contribution >= 0.6 is 0 Å². The minimum Gasteiger partial charge on any atom is -0.335 e. The Bertz CT molecular complexity index is 1100. The second kappa shape index (κ2) is 5.47. The van der Waals surface area contributed by atoms with E-state index in [9.17, 15) is 0 Å². The Labute approximate surface area is 149 Å². The van der Waals surface area contributed by atoms with Gasteiger partial charge in [-0.05, 0) is 32.3 Å². The Balaban J connectivity index is 1.70. The minimum atomic E-state index is -0.472. The highest BCUT2D eigenvalue weighted by Gasteiger charge is 2.39. The quantitative estimate of drug-likeness (QED) is 0.604. The monoisotopic (exact) mass is 347 g/mol. The molecule has 7 heteroatoms. The molecule has 3 heterocycles. The van der Waals surface area contributed by atoms with Gasteiger partial charge in [-0.1, -0.05) is 40.6 Å². The van der Waals surface area contributed by atoms with Crippen molar-refractivity contribution >= 4 is 11.1 Å². The number of aromatic nitrogens is 4. The van der Waals surface area contributed by atoms with E-state index in [1.165, 1.54) is 0 Å². The summed E-state index contributed by atoms with van der Waals surface area (Å²) < 4.78 is 11.0. The Kier molecular flexibility index (Phi) is 3.20. The highest BCUT2D eigenvalue weighted by atomic mass is 16.5. The number of nitrogens with two attached hydrogens (primary N) is 1. The van der Waals surface area contributed by atoms with Gasteiger partial charge in [0.05, 0.1) is 27.9 Å². The maximum atomic E-state index is 6.33. The van der Waals surface area contributed by atoms with Crippen LogP contribution in [0.3, 0.4) is 0 Å². The van der Waals surface area contributed by atoms with E-state index in [-0.39, 0.29) is 0 Å². The molecule has 1 aromatic carbocycles. The van der Waals surface area contributed by atoms with Crippen molar-refractivity contribution in [3.8, 4) is 22.7 Å². The summed E-state index contributed by atoms with van der Waals surface area (Å²) in [5.41, 5.74) is 9.53. The van der Waals surface area contributed by atoms with Gasteiger partial charge >= 0.3 is 0 Å². The van der Waals surface area contributed by atoms with Crippen molar-refractivity contribution in [1.82, 2.24) is 20.3 Å². The third-order valence-corrected chi connectivity index (χ3v) is 5.03. The molecular weight excluding hydrogens is 330 g/mol. The van der Waals surface area contributed by atoms with E-state index in [1.807, 2.05) is 43.3 Å². The van der Waals surface area contributed by atoms with Crippen molar-refractivity contribution in [2.75, 3.05) is 0 Å². The van der Waals surface area contributed by atoms with Gasteiger partial charge in [-0.3, -0.25) is 0 Å². The lowest BCUT2D eigenvalue weighted by Crippen LogP contribution is -2.44. The first kappa shape index (κ1) is 15.2. The van der Waals surface area contributed by atoms with Crippen molar-refractivity contribution in [1.29, 1.82) is 0 Å². The lowest BCUT2D eigenvalue weighted by molar-refractivity contribution is 0.229. The van der Waals surface area contributed by atoms with Gasteiger partial charge in [0.25, 0.3) is 11.6 Å². The van der Waals surface area contributed by atoms with E-state index >= 15 is 0 Å². The summed E-state index contributed by atoms with van der Waals surface area (Å²) in [5.74, 6) is 0.965. The summed E-state index contributed by atoms with van der Waals surface area (Å²) in [6.07, 6.45) is 2.83. The highest BCUT2D eigenvalue weighted by Crippen LogP contribution is 2.39. The Morgan fingerprint density at radius 2 is 1.85 bits per heavy atom. The second-order valence-electron chi connectivity index (χ2n) is 6.80. The molecule has 1 aliphatic carbocycles. The second-order valence-corrected chi connectivity index (χ2v) is 6.80. The van der Waals surface area contributed by atoms with Crippen LogP contribution in [0.15, 0.2) is 45.4 Å². The molecule has 0 radical (unpaired) electrons. The zero-order valence-corrected chi connectivity index (χ0v) is 14.3. The van der Waals surface area contributed by atoms with E-state index in [0.717, 1.165) is 47.2 Å². The summed E-state index contributed by atoms with van der Waals surface area (Å²) in [7, 11) is 0. The van der Waals surface area contributed by atoms with Crippen LogP contribution < -0.4 is 5.73 Å². The molecule has 0 amide bonds. The first-order chi connectivity index (χ1) is 12.6. The Morgan fingerprint density at radius 1 is 1.04 bits per heavy atom. The SMILES string of the molecule is Cc1noc2nc(-c3ccccc3)cc(-c3nc(C4(N)CCC4)no3)c12. The molecule has 26 heavy (non-hydrogen) atoms. The lowest BCUT2D eigenvalue weighted by Gasteiger charge is -2.34. The maximum absolute atomic E-state index is 6.33. The molecule has 0 bridgehead atoms. The molecule has 7 nitrogen and oxygen atoms in total. The van der Waals surface area contributed by atoms with Crippen LogP contribution in [-0.4, -0.2) is 20.3 Å². The lowest BCUT2D eigenvalue weighted by atomic mass is 9.77. The summed E-state index contributed by atoms with van der Waals surface area (Å²) in [6.45, 7) is 1.87. The van der Waals surface area contributed by atoms with Gasteiger partial charge in [0.1, 0.15) is 0 Å². The fourth-order valence-electron chi connectivity index (χ4n) is 3.34. The maximum Gasteiger partial charge on any atom is 0.259 e. The van der Waals surface area contributed by atoms with E-state index in [1.54, 1.807) is 0 Å². The molecule has 0 atom stereocenters. The number of pyridine rings is 1. The summed E-state index contributed by atoms with van der Waals surface area (Å²) in [4.78, 5) is 9.17. The molecule has 1 saturated carbocycles. The standard InChI is InChI=1S/C19H17N5O2/c1-11-15-13(16-22-18(24-25-16)19(20)8-5-9-19)10-14(21-17(15)26-23-11)12-6-3-2-4-7-12/h2-4,6-7,10H,5,8-9,20H2,1H3. The average Bonchev–Trinajstić information content (AvgIpc) is 3.28. The van der Waals surface area contributed by atoms with Crippen molar-refractivity contribution in [2.24, 2.45) is 5.73 Å². The first-order valence-corrected chi connectivity index (χ1v) is 8.60. The smallest absolute Gasteiger partial charge is 0.259 e. The largest absolute Gasteiger partial charge is 0.335 e. The van der Waals surface area contributed by atoms with Gasteiger partial charge in [0, 0.05) is 5.56 Å². The van der Waals surface area contributed by atoms with E-state index in [2.05, 4.69) is 20.3 Å². The van der Waals surface area contributed by atoms with Crippen LogP contribution in [0.1, 0.15) is 30.8 Å². The van der Waals surface area contributed by atoms with Crippen molar-refractivity contribution < 1.29 is 9.05 Å². The van der Waals surface area contributed by atoms with Gasteiger partial charge in [-0.15, -0.1) is 0 Å². The molecule has 130 valence electrons. The third-order valence-electron chi connectivity index (χ3n) is 5.03. The molecule has 0 aliphatic heterocycles. The van der Waals surface area contributed by atoms with Crippen LogP contribution in [0.4, 0.5) is 0 Å². The van der Waals surface area contributed by atoms with E-state index < -0.39 is 5.54 Å². The van der Waals surface area contributed by atoms with Crippen molar-refractivity contribution in [3.63, 3.8) is 0 Å². The fourth-order valence-corrected chi connectivity index (χ4v) is 3.34. The molecule has 0 spiro atoms. The summed E-state index contributed by atoms with van der Waals surface area (Å²) in [5, 5.41) is 8.95. The van der Waals surface area contributed by atoms with Gasteiger partial charge in [0.15, 0.2) is 5.82 Å². The fraction of sp³-hybridized carbons (Fsp3) is 0.263. The molecule has 0 unspecified atom stereocenters. The topological polar surface area (TPSA) is 104 Å². The molecule has 3 aromatic heterocycles. The molecular formula is C19H17N5O2. The summed E-state index contributed by atoms with van der Waals surface area (Å²) in [6, 6.07) is 11.8. The Morgan fingerprint density at radius 3 is 2.58 bits per heavy atom. The van der Waals surface area contributed by atoms with Crippen molar-refractivity contribution in [2.45, 2.75) is 31.7 Å². The number of hydrogen-bond donors (Lipinski definition) is 1. The molecule has 5 rings (SSSR count). The van der Waals surface area contributed by atoms with Gasteiger partial charge in [-0.25, -0.2) is 4.98 Å². The minimum absolute atomic E-state index is 0.410. The highest BCUT2D eigenvalue weighted by molar-refractivity contribution is 5.93. The normalized spacial score (nSPS) is 15.9. The molecule has 0 saturated heterocycles. The van der Waals surface area contributed by atoms with Crippen LogP contribution in [0.25, 0.3) is 33.8 Å². The molecule has 1 fully saturated rings. The summed E-state index contributed by atoms with van der Waals surface area (Å²) >= 11 is 0.